The molecule has 216 valence electrons. The standard InChI is InChI=1S/C31H44N6O3/c1-8-10-23(9-2)31(40)37-13-11-24(12-14-37)28-16-25(27(22(7)35-28)18-33-36-19(3)4)29(38)32-17-26-20(5)15-21(6)34-30(26)39/h11,15-16,18-19,23,36H,8-10,12-14,17H2,1-7H3,(H,32,38)(H,34,39)/b33-18-/t23-/m0/s1. The van der Waals surface area contributed by atoms with Gasteiger partial charge in [-0.1, -0.05) is 26.3 Å². The van der Waals surface area contributed by atoms with Crippen molar-refractivity contribution in [1.29, 1.82) is 0 Å². The van der Waals surface area contributed by atoms with Gasteiger partial charge in [-0.25, -0.2) is 0 Å². The first-order valence-corrected chi connectivity index (χ1v) is 14.3. The molecule has 1 aliphatic rings. The molecule has 0 fully saturated rings. The average molecular weight is 549 g/mol. The molecule has 3 rings (SSSR count). The van der Waals surface area contributed by atoms with Gasteiger partial charge in [0.1, 0.15) is 0 Å². The molecule has 2 amide bonds. The van der Waals surface area contributed by atoms with E-state index in [4.69, 9.17) is 4.98 Å². The van der Waals surface area contributed by atoms with Crippen molar-refractivity contribution in [3.63, 3.8) is 0 Å². The Morgan fingerprint density at radius 3 is 2.55 bits per heavy atom. The molecule has 0 aromatic carbocycles. The average Bonchev–Trinajstić information content (AvgIpc) is 2.91. The van der Waals surface area contributed by atoms with E-state index in [1.807, 2.05) is 51.7 Å². The first kappa shape index (κ1) is 30.8. The van der Waals surface area contributed by atoms with E-state index in [0.717, 1.165) is 36.1 Å². The molecular weight excluding hydrogens is 504 g/mol. The molecule has 2 aromatic rings. The van der Waals surface area contributed by atoms with E-state index in [2.05, 4.69) is 34.7 Å². The zero-order chi connectivity index (χ0) is 29.4. The highest BCUT2D eigenvalue weighted by Crippen LogP contribution is 2.26. The maximum absolute atomic E-state index is 13.5. The minimum absolute atomic E-state index is 0.0676. The third-order valence-corrected chi connectivity index (χ3v) is 7.27. The summed E-state index contributed by atoms with van der Waals surface area (Å²) < 4.78 is 0. The van der Waals surface area contributed by atoms with Crippen LogP contribution in [-0.4, -0.2) is 52.0 Å². The Hall–Kier alpha value is -3.75. The van der Waals surface area contributed by atoms with Gasteiger partial charge < -0.3 is 20.6 Å². The van der Waals surface area contributed by atoms with E-state index < -0.39 is 0 Å². The lowest BCUT2D eigenvalue weighted by molar-refractivity contribution is -0.135. The summed E-state index contributed by atoms with van der Waals surface area (Å²) in [5.74, 6) is -0.0248. The van der Waals surface area contributed by atoms with Crippen molar-refractivity contribution in [3.05, 3.63) is 67.9 Å². The van der Waals surface area contributed by atoms with Gasteiger partial charge in [-0.3, -0.25) is 19.4 Å². The Morgan fingerprint density at radius 1 is 1.20 bits per heavy atom. The first-order valence-electron chi connectivity index (χ1n) is 14.3. The first-order chi connectivity index (χ1) is 19.0. The number of aromatic amines is 1. The number of aromatic nitrogens is 2. The summed E-state index contributed by atoms with van der Waals surface area (Å²) in [4.78, 5) is 48.5. The number of rotatable bonds is 11. The number of amides is 2. The molecule has 0 radical (unpaired) electrons. The van der Waals surface area contributed by atoms with Crippen LogP contribution in [-0.2, 0) is 11.3 Å². The number of nitrogens with one attached hydrogen (secondary N) is 3. The zero-order valence-electron chi connectivity index (χ0n) is 25.0. The second kappa shape index (κ2) is 14.1. The van der Waals surface area contributed by atoms with Crippen LogP contribution in [0.4, 0.5) is 0 Å². The number of hydrogen-bond acceptors (Lipinski definition) is 6. The maximum atomic E-state index is 13.5. The van der Waals surface area contributed by atoms with Crippen LogP contribution in [0.3, 0.4) is 0 Å². The Morgan fingerprint density at radius 2 is 1.95 bits per heavy atom. The number of aryl methyl sites for hydroxylation is 3. The lowest BCUT2D eigenvalue weighted by Gasteiger charge is -2.30. The molecule has 0 saturated heterocycles. The van der Waals surface area contributed by atoms with Crippen LogP contribution >= 0.6 is 0 Å². The highest BCUT2D eigenvalue weighted by molar-refractivity contribution is 6.03. The van der Waals surface area contributed by atoms with Crippen molar-refractivity contribution in [2.75, 3.05) is 13.1 Å². The molecule has 3 heterocycles. The van der Waals surface area contributed by atoms with Crippen molar-refractivity contribution >= 4 is 23.6 Å². The minimum atomic E-state index is -0.310. The number of carbonyl (C=O) groups is 2. The number of nitrogens with zero attached hydrogens (tertiary/aromatic N) is 3. The van der Waals surface area contributed by atoms with Crippen molar-refractivity contribution in [2.45, 2.75) is 86.7 Å². The summed E-state index contributed by atoms with van der Waals surface area (Å²) in [6, 6.07) is 3.82. The predicted octanol–water partition coefficient (Wildman–Crippen LogP) is 4.40. The van der Waals surface area contributed by atoms with Crippen LogP contribution in [0, 0.1) is 26.7 Å². The summed E-state index contributed by atoms with van der Waals surface area (Å²) in [6.45, 7) is 15.0. The smallest absolute Gasteiger partial charge is 0.253 e. The van der Waals surface area contributed by atoms with Gasteiger partial charge in [0.25, 0.3) is 11.5 Å². The van der Waals surface area contributed by atoms with Crippen molar-refractivity contribution in [3.8, 4) is 0 Å². The highest BCUT2D eigenvalue weighted by atomic mass is 16.2. The van der Waals surface area contributed by atoms with Crippen molar-refractivity contribution < 1.29 is 9.59 Å². The molecule has 9 nitrogen and oxygen atoms in total. The normalized spacial score (nSPS) is 14.4. The van der Waals surface area contributed by atoms with E-state index in [1.165, 1.54) is 0 Å². The summed E-state index contributed by atoms with van der Waals surface area (Å²) in [5, 5.41) is 7.23. The third-order valence-electron chi connectivity index (χ3n) is 7.27. The molecule has 40 heavy (non-hydrogen) atoms. The fourth-order valence-corrected chi connectivity index (χ4v) is 5.02. The van der Waals surface area contributed by atoms with Gasteiger partial charge in [-0.2, -0.15) is 5.10 Å². The highest BCUT2D eigenvalue weighted by Gasteiger charge is 2.25. The number of hydrogen-bond donors (Lipinski definition) is 3. The Labute approximate surface area is 237 Å². The number of pyridine rings is 2. The summed E-state index contributed by atoms with van der Waals surface area (Å²) >= 11 is 0. The SMILES string of the molecule is CCC[C@H](CC)C(=O)N1CC=C(c2cc(C(=O)NCc3c(C)cc(C)[nH]c3=O)c(/C=N\NC(C)C)c(C)n2)CC1. The molecule has 1 aliphatic heterocycles. The molecular formula is C31H44N6O3. The van der Waals surface area contributed by atoms with Crippen LogP contribution in [0.2, 0.25) is 0 Å². The predicted molar refractivity (Wildman–Crippen MR) is 160 cm³/mol. The topological polar surface area (TPSA) is 120 Å². The van der Waals surface area contributed by atoms with Crippen molar-refractivity contribution in [1.82, 2.24) is 25.6 Å². The lowest BCUT2D eigenvalue weighted by atomic mass is 9.96. The lowest BCUT2D eigenvalue weighted by Crippen LogP contribution is -2.38. The second-order valence-electron chi connectivity index (χ2n) is 10.9. The molecule has 2 aromatic heterocycles. The number of carbonyl (C=O) groups excluding carboxylic acids is 2. The van der Waals surface area contributed by atoms with Crippen LogP contribution in [0.1, 0.15) is 97.5 Å². The zero-order valence-corrected chi connectivity index (χ0v) is 25.0. The van der Waals surface area contributed by atoms with Gasteiger partial charge >= 0.3 is 0 Å². The molecule has 9 heteroatoms. The Bertz CT molecular complexity index is 1340. The molecule has 0 saturated carbocycles. The minimum Gasteiger partial charge on any atom is -0.348 e. The van der Waals surface area contributed by atoms with Gasteiger partial charge in [0.2, 0.25) is 5.91 Å². The molecule has 0 spiro atoms. The van der Waals surface area contributed by atoms with Gasteiger partial charge in [0.05, 0.1) is 17.5 Å². The second-order valence-corrected chi connectivity index (χ2v) is 10.9. The fourth-order valence-electron chi connectivity index (χ4n) is 5.02. The van der Waals surface area contributed by atoms with Gasteiger partial charge in [-0.15, -0.1) is 0 Å². The van der Waals surface area contributed by atoms with E-state index in [9.17, 15) is 14.4 Å². The third kappa shape index (κ3) is 7.67. The van der Waals surface area contributed by atoms with E-state index in [-0.39, 0.29) is 35.9 Å². The molecule has 3 N–H and O–H groups in total. The molecule has 0 unspecified atom stereocenters. The number of hydrazone groups is 1. The van der Waals surface area contributed by atoms with E-state index in [0.29, 0.717) is 47.6 Å². The molecule has 1 atom stereocenters. The quantitative estimate of drug-likeness (QED) is 0.284. The van der Waals surface area contributed by atoms with Gasteiger partial charge in [0, 0.05) is 54.1 Å². The summed E-state index contributed by atoms with van der Waals surface area (Å²) in [6.07, 6.45) is 7.09. The van der Waals surface area contributed by atoms with Crippen LogP contribution in [0.15, 0.2) is 28.1 Å². The Kier molecular flexibility index (Phi) is 10.8. The van der Waals surface area contributed by atoms with Gasteiger partial charge in [0.15, 0.2) is 0 Å². The van der Waals surface area contributed by atoms with E-state index in [1.54, 1.807) is 12.3 Å². The fraction of sp³-hybridized carbons (Fsp3) is 0.516. The maximum Gasteiger partial charge on any atom is 0.253 e. The van der Waals surface area contributed by atoms with Gasteiger partial charge in [-0.05, 0) is 77.2 Å². The largest absolute Gasteiger partial charge is 0.348 e. The summed E-state index contributed by atoms with van der Waals surface area (Å²) in [5.41, 5.74) is 8.37. The molecule has 0 aliphatic carbocycles. The van der Waals surface area contributed by atoms with Crippen LogP contribution in [0.25, 0.3) is 5.57 Å². The Balaban J connectivity index is 1.90. The molecule has 0 bridgehead atoms. The van der Waals surface area contributed by atoms with Crippen LogP contribution < -0.4 is 16.3 Å². The summed E-state index contributed by atoms with van der Waals surface area (Å²) in [7, 11) is 0. The van der Waals surface area contributed by atoms with E-state index >= 15 is 0 Å². The van der Waals surface area contributed by atoms with Crippen LogP contribution in [0.5, 0.6) is 0 Å². The monoisotopic (exact) mass is 548 g/mol. The number of H-pyrrole nitrogens is 1. The van der Waals surface area contributed by atoms with Crippen molar-refractivity contribution in [2.24, 2.45) is 11.0 Å².